The Morgan fingerprint density at radius 3 is 0.935 bits per heavy atom. The van der Waals surface area contributed by atoms with Crippen molar-refractivity contribution in [2.24, 2.45) is 5.92 Å². The van der Waals surface area contributed by atoms with Crippen molar-refractivity contribution in [2.45, 2.75) is 162 Å². The van der Waals surface area contributed by atoms with Crippen LogP contribution >= 0.6 is 0 Å². The average molecular weight is 1800 g/mol. The normalized spacial score (nSPS) is 13.6. The number of para-hydroxylation sites is 2. The highest BCUT2D eigenvalue weighted by Crippen LogP contribution is 2.60. The molecular formula is C134H121N5. The van der Waals surface area contributed by atoms with E-state index < -0.39 is 10.8 Å². The standard InChI is InChI=1S/C134H121N5/c1-15-17-31-88(16-2)87-135-123-43-30-25-38-113(123)114-82-92(50-77-124(114)135)91-48-63-102(64-49-91)137(104-71-53-94(54-72-104)130(6,7)8)106-75-57-96(58-76-106)134(121-41-28-23-36-111(121)112-37-24-29-42-122(112)134)100-62-81-128-118(86-100)117-85-99(133(119-39-26-21-34-109(119)110-35-22-27-40-120(110)133)95-55-73-105(74-56-95)136(101-32-19-18-20-33-101)103-69-51-93(52-70-103)129(3,4)5)61-80-127(117)139(128)108-67-46-90(47-68-108)89-44-65-107(66-45-89)138-125-78-59-97(131(9,10)11)83-115(125)116-84-98(132(12,13)14)60-79-126(116)138/h18-30,32-86,88H,15-17,31,87H2,1-14H3. The Morgan fingerprint density at radius 1 is 0.245 bits per heavy atom. The maximum absolute atomic E-state index is 2.60. The molecule has 0 bridgehead atoms. The summed E-state index contributed by atoms with van der Waals surface area (Å²) >= 11 is 0. The molecule has 0 amide bonds. The molecule has 139 heavy (non-hydrogen) atoms. The van der Waals surface area contributed by atoms with E-state index in [9.17, 15) is 0 Å². The molecule has 0 radical (unpaired) electrons. The molecule has 18 aromatic carbocycles. The summed E-state index contributed by atoms with van der Waals surface area (Å²) in [6, 6.07) is 159. The van der Waals surface area contributed by atoms with Gasteiger partial charge in [-0.25, -0.2) is 0 Å². The highest BCUT2D eigenvalue weighted by molar-refractivity contribution is 6.13. The fourth-order valence-corrected chi connectivity index (χ4v) is 23.5. The first kappa shape index (κ1) is 88.0. The lowest BCUT2D eigenvalue weighted by Crippen LogP contribution is -2.28. The van der Waals surface area contributed by atoms with Crippen LogP contribution in [0.5, 0.6) is 0 Å². The quantitative estimate of drug-likeness (QED) is 0.0758. The highest BCUT2D eigenvalue weighted by Gasteiger charge is 2.49. The largest absolute Gasteiger partial charge is 0.340 e. The molecule has 5 heteroatoms. The van der Waals surface area contributed by atoms with Crippen LogP contribution in [0.4, 0.5) is 34.1 Å². The molecule has 23 rings (SSSR count). The Morgan fingerprint density at radius 2 is 0.540 bits per heavy atom. The Labute approximate surface area is 820 Å². The molecular weight excluding hydrogens is 1680 g/mol. The lowest BCUT2D eigenvalue weighted by atomic mass is 9.67. The van der Waals surface area contributed by atoms with Crippen LogP contribution < -0.4 is 9.80 Å². The van der Waals surface area contributed by atoms with Crippen LogP contribution in [0.2, 0.25) is 0 Å². The number of hydrogen-bond donors (Lipinski definition) is 0. The van der Waals surface area contributed by atoms with Gasteiger partial charge in [0.2, 0.25) is 0 Å². The second kappa shape index (κ2) is 34.0. The molecule has 2 aliphatic rings. The second-order valence-corrected chi connectivity index (χ2v) is 43.4. The third-order valence-electron chi connectivity index (χ3n) is 30.9. The summed E-state index contributed by atoms with van der Waals surface area (Å²) in [5.74, 6) is 0.634. The van der Waals surface area contributed by atoms with Gasteiger partial charge >= 0.3 is 0 Å². The highest BCUT2D eigenvalue weighted by atomic mass is 15.1. The average Bonchev–Trinajstić information content (AvgIpc) is 1.52. The van der Waals surface area contributed by atoms with E-state index in [1.165, 1.54) is 180 Å². The van der Waals surface area contributed by atoms with Gasteiger partial charge in [-0.3, -0.25) is 0 Å². The van der Waals surface area contributed by atoms with Crippen LogP contribution in [0.3, 0.4) is 0 Å². The molecule has 0 aliphatic heterocycles. The van der Waals surface area contributed by atoms with Crippen molar-refractivity contribution in [3.8, 4) is 55.9 Å². The van der Waals surface area contributed by atoms with Gasteiger partial charge in [0.15, 0.2) is 0 Å². The summed E-state index contributed by atoms with van der Waals surface area (Å²) in [5.41, 5.74) is 39.3. The van der Waals surface area contributed by atoms with E-state index in [4.69, 9.17) is 0 Å². The summed E-state index contributed by atoms with van der Waals surface area (Å²) < 4.78 is 7.61. The molecule has 2 aliphatic carbocycles. The number of unbranched alkanes of at least 4 members (excludes halogenated alkanes) is 1. The summed E-state index contributed by atoms with van der Waals surface area (Å²) in [5, 5.41) is 7.55. The van der Waals surface area contributed by atoms with E-state index in [2.05, 4.69) is 533 Å². The monoisotopic (exact) mass is 1800 g/mol. The van der Waals surface area contributed by atoms with E-state index in [0.29, 0.717) is 5.92 Å². The number of anilines is 6. The number of aromatic nitrogens is 3. The third kappa shape index (κ3) is 14.8. The minimum atomic E-state index is -0.772. The number of benzene rings is 18. The van der Waals surface area contributed by atoms with Crippen molar-refractivity contribution in [1.82, 2.24) is 13.7 Å². The van der Waals surface area contributed by atoms with Crippen molar-refractivity contribution >= 4 is 99.5 Å². The minimum Gasteiger partial charge on any atom is -0.340 e. The lowest BCUT2D eigenvalue weighted by Gasteiger charge is -2.35. The van der Waals surface area contributed by atoms with Crippen molar-refractivity contribution in [3.05, 3.63) is 479 Å². The fourth-order valence-electron chi connectivity index (χ4n) is 23.5. The minimum absolute atomic E-state index is 0.00582. The van der Waals surface area contributed by atoms with Gasteiger partial charge in [0, 0.05) is 95.4 Å². The van der Waals surface area contributed by atoms with Gasteiger partial charge in [-0.2, -0.15) is 0 Å². The molecule has 682 valence electrons. The first-order chi connectivity index (χ1) is 67.3. The van der Waals surface area contributed by atoms with Crippen LogP contribution in [-0.4, -0.2) is 13.7 Å². The van der Waals surface area contributed by atoms with E-state index in [-0.39, 0.29) is 21.7 Å². The maximum atomic E-state index is 2.60. The molecule has 0 N–H and O–H groups in total. The predicted molar refractivity (Wildman–Crippen MR) is 591 cm³/mol. The topological polar surface area (TPSA) is 21.3 Å². The Kier molecular flexibility index (Phi) is 21.5. The zero-order valence-corrected chi connectivity index (χ0v) is 82.6. The first-order valence-electron chi connectivity index (χ1n) is 50.3. The number of hydrogen-bond acceptors (Lipinski definition) is 2. The number of nitrogens with zero attached hydrogens (tertiary/aromatic N) is 5. The zero-order chi connectivity index (χ0) is 95.2. The van der Waals surface area contributed by atoms with Crippen molar-refractivity contribution in [1.29, 1.82) is 0 Å². The molecule has 21 aromatic rings. The molecule has 0 saturated heterocycles. The van der Waals surface area contributed by atoms with Gasteiger partial charge in [0.05, 0.1) is 32.9 Å². The molecule has 3 aromatic heterocycles. The van der Waals surface area contributed by atoms with Crippen LogP contribution in [-0.2, 0) is 39.0 Å². The molecule has 1 unspecified atom stereocenters. The Balaban J connectivity index is 0.688. The number of rotatable bonds is 20. The summed E-state index contributed by atoms with van der Waals surface area (Å²) in [4.78, 5) is 4.86. The van der Waals surface area contributed by atoms with Crippen LogP contribution in [0.25, 0.3) is 121 Å². The molecule has 3 heterocycles. The van der Waals surface area contributed by atoms with Crippen molar-refractivity contribution < 1.29 is 0 Å². The number of fused-ring (bicyclic) bond motifs is 15. The van der Waals surface area contributed by atoms with Gasteiger partial charge in [0.25, 0.3) is 0 Å². The van der Waals surface area contributed by atoms with Crippen molar-refractivity contribution in [2.75, 3.05) is 9.80 Å². The SMILES string of the molecule is CCCCC(CC)Cn1c2ccccc2c2cc(-c3ccc(N(c4ccc(C(C)(C)C)cc4)c4ccc(C5(c6ccc7c(c6)c6cc(C8(c9ccc(N(c%10ccccc%10)c%10ccc(C(C)(C)C)cc%10)cc9)c9ccccc9-c9ccccc98)ccc6n7-c6ccc(-c7ccc(-n8c9ccc(C(C)(C)C)cc9c9cc(C(C)(C)C)ccc98)cc7)cc6)c6ccccc6-c6ccccc65)cc4)cc3)ccc21. The predicted octanol–water partition coefficient (Wildman–Crippen LogP) is 36.4. The van der Waals surface area contributed by atoms with Gasteiger partial charge in [-0.1, -0.05) is 365 Å². The van der Waals surface area contributed by atoms with E-state index in [1.807, 2.05) is 0 Å². The van der Waals surface area contributed by atoms with E-state index in [1.54, 1.807) is 0 Å². The Bertz CT molecular complexity index is 8100. The van der Waals surface area contributed by atoms with E-state index in [0.717, 1.165) is 74.2 Å². The first-order valence-corrected chi connectivity index (χ1v) is 50.3. The van der Waals surface area contributed by atoms with Crippen molar-refractivity contribution in [3.63, 3.8) is 0 Å². The van der Waals surface area contributed by atoms with Crippen LogP contribution in [0, 0.1) is 5.92 Å². The van der Waals surface area contributed by atoms with Crippen LogP contribution in [0.15, 0.2) is 413 Å². The molecule has 0 saturated carbocycles. The van der Waals surface area contributed by atoms with Crippen LogP contribution in [0.1, 0.15) is 189 Å². The summed E-state index contributed by atoms with van der Waals surface area (Å²) in [6.45, 7) is 33.4. The Hall–Kier alpha value is -15.0. The lowest BCUT2D eigenvalue weighted by molar-refractivity contribution is 0.401. The second-order valence-electron chi connectivity index (χ2n) is 43.4. The maximum Gasteiger partial charge on any atom is 0.0713 e. The van der Waals surface area contributed by atoms with E-state index >= 15 is 0 Å². The molecule has 0 fully saturated rings. The third-order valence-corrected chi connectivity index (χ3v) is 30.9. The van der Waals surface area contributed by atoms with Gasteiger partial charge in [0.1, 0.15) is 0 Å². The van der Waals surface area contributed by atoms with Gasteiger partial charge in [-0.15, -0.1) is 0 Å². The fraction of sp³-hybridized carbons (Fsp3) is 0.194. The summed E-state index contributed by atoms with van der Waals surface area (Å²) in [7, 11) is 0. The summed E-state index contributed by atoms with van der Waals surface area (Å²) in [6.07, 6.45) is 4.92. The molecule has 0 spiro atoms. The smallest absolute Gasteiger partial charge is 0.0713 e. The van der Waals surface area contributed by atoms with Gasteiger partial charge < -0.3 is 23.5 Å². The zero-order valence-electron chi connectivity index (χ0n) is 82.6. The molecule has 5 nitrogen and oxygen atoms in total. The van der Waals surface area contributed by atoms with Gasteiger partial charge in [-0.05, 0) is 309 Å². The molecule has 1 atom stereocenters.